The average molecular weight is 262 g/mol. The van der Waals surface area contributed by atoms with Crippen molar-refractivity contribution in [3.8, 4) is 0 Å². The molecule has 0 saturated heterocycles. The quantitative estimate of drug-likeness (QED) is 0.744. The molecule has 0 amide bonds. The van der Waals surface area contributed by atoms with Gasteiger partial charge in [0.25, 0.3) is 0 Å². The minimum Gasteiger partial charge on any atom is -0.327 e. The van der Waals surface area contributed by atoms with Crippen molar-refractivity contribution < 1.29 is 8.78 Å². The molecule has 0 atom stereocenters. The van der Waals surface area contributed by atoms with Crippen LogP contribution in [0.4, 0.5) is 19.6 Å². The highest BCUT2D eigenvalue weighted by molar-refractivity contribution is 7.22. The SMILES string of the molecule is Fc1cccc(F)c1Nc1nc2ccccc2s1. The molecule has 18 heavy (non-hydrogen) atoms. The van der Waals surface area contributed by atoms with Crippen LogP contribution >= 0.6 is 11.3 Å². The maximum Gasteiger partial charge on any atom is 0.188 e. The largest absolute Gasteiger partial charge is 0.327 e. The van der Waals surface area contributed by atoms with E-state index < -0.39 is 11.6 Å². The molecule has 0 radical (unpaired) electrons. The summed E-state index contributed by atoms with van der Waals surface area (Å²) < 4.78 is 27.9. The molecular weight excluding hydrogens is 254 g/mol. The Labute approximate surface area is 106 Å². The van der Waals surface area contributed by atoms with Crippen LogP contribution < -0.4 is 5.32 Å². The number of hydrogen-bond acceptors (Lipinski definition) is 3. The summed E-state index contributed by atoms with van der Waals surface area (Å²) in [5.74, 6) is -1.26. The summed E-state index contributed by atoms with van der Waals surface area (Å²) in [5, 5.41) is 3.16. The van der Waals surface area contributed by atoms with Crippen molar-refractivity contribution in [3.63, 3.8) is 0 Å². The molecule has 1 N–H and O–H groups in total. The van der Waals surface area contributed by atoms with Crippen LogP contribution in [0.25, 0.3) is 10.2 Å². The van der Waals surface area contributed by atoms with Crippen LogP contribution in [0.15, 0.2) is 42.5 Å². The highest BCUT2D eigenvalue weighted by Crippen LogP contribution is 2.29. The van der Waals surface area contributed by atoms with Gasteiger partial charge in [0.15, 0.2) is 5.13 Å². The summed E-state index contributed by atoms with van der Waals surface area (Å²) in [6.45, 7) is 0. The van der Waals surface area contributed by atoms with Gasteiger partial charge < -0.3 is 5.32 Å². The highest BCUT2D eigenvalue weighted by atomic mass is 32.1. The van der Waals surface area contributed by atoms with E-state index in [1.54, 1.807) is 0 Å². The summed E-state index contributed by atoms with van der Waals surface area (Å²) in [7, 11) is 0. The Hall–Kier alpha value is -2.01. The number of nitrogens with zero attached hydrogens (tertiary/aromatic N) is 1. The van der Waals surface area contributed by atoms with Crippen molar-refractivity contribution in [2.24, 2.45) is 0 Å². The van der Waals surface area contributed by atoms with Crippen molar-refractivity contribution in [3.05, 3.63) is 54.1 Å². The highest BCUT2D eigenvalue weighted by Gasteiger charge is 2.10. The van der Waals surface area contributed by atoms with Gasteiger partial charge in [0, 0.05) is 0 Å². The second kappa shape index (κ2) is 4.34. The topological polar surface area (TPSA) is 24.9 Å². The van der Waals surface area contributed by atoms with Gasteiger partial charge in [-0.1, -0.05) is 29.5 Å². The molecule has 0 aliphatic rings. The van der Waals surface area contributed by atoms with E-state index >= 15 is 0 Å². The summed E-state index contributed by atoms with van der Waals surface area (Å²) >= 11 is 1.35. The van der Waals surface area contributed by atoms with Crippen molar-refractivity contribution in [2.45, 2.75) is 0 Å². The lowest BCUT2D eigenvalue weighted by Gasteiger charge is -2.04. The third kappa shape index (κ3) is 1.93. The Morgan fingerprint density at radius 2 is 1.67 bits per heavy atom. The van der Waals surface area contributed by atoms with Gasteiger partial charge in [-0.3, -0.25) is 0 Å². The monoisotopic (exact) mass is 262 g/mol. The van der Waals surface area contributed by atoms with E-state index in [4.69, 9.17) is 0 Å². The van der Waals surface area contributed by atoms with Crippen molar-refractivity contribution in [2.75, 3.05) is 5.32 Å². The summed E-state index contributed by atoms with van der Waals surface area (Å²) in [6, 6.07) is 11.3. The Kier molecular flexibility index (Phi) is 2.68. The fourth-order valence-corrected chi connectivity index (χ4v) is 2.52. The van der Waals surface area contributed by atoms with Crippen molar-refractivity contribution in [1.82, 2.24) is 4.98 Å². The number of hydrogen-bond donors (Lipinski definition) is 1. The molecule has 2 aromatic carbocycles. The van der Waals surface area contributed by atoms with Gasteiger partial charge in [0.1, 0.15) is 17.3 Å². The molecule has 2 nitrogen and oxygen atoms in total. The second-order valence-corrected chi connectivity index (χ2v) is 4.74. The standard InChI is InChI=1S/C13H8F2N2S/c14-8-4-3-5-9(15)12(8)17-13-16-10-6-1-2-7-11(10)18-13/h1-7H,(H,16,17). The van der Waals surface area contributed by atoms with Crippen LogP contribution in [0.3, 0.4) is 0 Å². The molecule has 90 valence electrons. The zero-order valence-corrected chi connectivity index (χ0v) is 9.97. The Balaban J connectivity index is 2.01. The van der Waals surface area contributed by atoms with E-state index in [2.05, 4.69) is 10.3 Å². The molecule has 0 unspecified atom stereocenters. The Bertz CT molecular complexity index is 656. The molecule has 1 heterocycles. The summed E-state index contributed by atoms with van der Waals surface area (Å²) in [4.78, 5) is 4.26. The second-order valence-electron chi connectivity index (χ2n) is 3.71. The molecule has 3 aromatic rings. The number of rotatable bonds is 2. The van der Waals surface area contributed by atoms with Crippen LogP contribution in [-0.4, -0.2) is 4.98 Å². The summed E-state index contributed by atoms with van der Waals surface area (Å²) in [5.41, 5.74) is 0.637. The van der Waals surface area contributed by atoms with Gasteiger partial charge in [-0.25, -0.2) is 13.8 Å². The van der Waals surface area contributed by atoms with Gasteiger partial charge in [-0.2, -0.15) is 0 Å². The molecule has 0 aliphatic heterocycles. The van der Waals surface area contributed by atoms with Crippen LogP contribution in [0.1, 0.15) is 0 Å². The van der Waals surface area contributed by atoms with Gasteiger partial charge >= 0.3 is 0 Å². The van der Waals surface area contributed by atoms with Gasteiger partial charge in [-0.15, -0.1) is 0 Å². The average Bonchev–Trinajstić information content (AvgIpc) is 2.76. The van der Waals surface area contributed by atoms with E-state index in [1.165, 1.54) is 29.5 Å². The van der Waals surface area contributed by atoms with Crippen molar-refractivity contribution in [1.29, 1.82) is 0 Å². The number of aromatic nitrogens is 1. The van der Waals surface area contributed by atoms with Crippen LogP contribution in [0.5, 0.6) is 0 Å². The molecule has 0 aliphatic carbocycles. The molecule has 0 fully saturated rings. The zero-order chi connectivity index (χ0) is 12.5. The first kappa shape index (κ1) is 11.1. The fraction of sp³-hybridized carbons (Fsp3) is 0. The first-order chi connectivity index (χ1) is 8.74. The molecule has 0 spiro atoms. The fourth-order valence-electron chi connectivity index (χ4n) is 1.65. The Morgan fingerprint density at radius 1 is 0.944 bits per heavy atom. The smallest absolute Gasteiger partial charge is 0.188 e. The molecule has 3 rings (SSSR count). The zero-order valence-electron chi connectivity index (χ0n) is 9.15. The van der Waals surface area contributed by atoms with Gasteiger partial charge in [-0.05, 0) is 24.3 Å². The predicted octanol–water partition coefficient (Wildman–Crippen LogP) is 4.32. The minimum atomic E-state index is -0.630. The Morgan fingerprint density at radius 3 is 2.39 bits per heavy atom. The van der Waals surface area contributed by atoms with Gasteiger partial charge in [0.2, 0.25) is 0 Å². The molecule has 0 saturated carbocycles. The molecule has 0 bridgehead atoms. The van der Waals surface area contributed by atoms with Crippen molar-refractivity contribution >= 4 is 32.4 Å². The normalized spacial score (nSPS) is 10.8. The number of fused-ring (bicyclic) bond motifs is 1. The number of halogens is 2. The van der Waals surface area contributed by atoms with E-state index in [1.807, 2.05) is 24.3 Å². The summed E-state index contributed by atoms with van der Waals surface area (Å²) in [6.07, 6.45) is 0. The molecular formula is C13H8F2N2S. The number of thiazole rings is 1. The van der Waals surface area contributed by atoms with E-state index in [0.717, 1.165) is 10.2 Å². The number of para-hydroxylation sites is 2. The van der Waals surface area contributed by atoms with Crippen LogP contribution in [-0.2, 0) is 0 Å². The molecule has 1 aromatic heterocycles. The van der Waals surface area contributed by atoms with E-state index in [0.29, 0.717) is 5.13 Å². The first-order valence-corrected chi connectivity index (χ1v) is 6.12. The van der Waals surface area contributed by atoms with E-state index in [-0.39, 0.29) is 5.69 Å². The maximum atomic E-state index is 13.5. The van der Waals surface area contributed by atoms with Crippen LogP contribution in [0.2, 0.25) is 0 Å². The third-order valence-electron chi connectivity index (χ3n) is 2.49. The first-order valence-electron chi connectivity index (χ1n) is 5.30. The lowest BCUT2D eigenvalue weighted by Crippen LogP contribution is -1.96. The lowest BCUT2D eigenvalue weighted by atomic mass is 10.3. The lowest BCUT2D eigenvalue weighted by molar-refractivity contribution is 0.591. The number of anilines is 2. The number of benzene rings is 2. The predicted molar refractivity (Wildman–Crippen MR) is 69.3 cm³/mol. The third-order valence-corrected chi connectivity index (χ3v) is 3.44. The number of nitrogens with one attached hydrogen (secondary N) is 1. The molecule has 5 heteroatoms. The van der Waals surface area contributed by atoms with Crippen LogP contribution in [0, 0.1) is 11.6 Å². The van der Waals surface area contributed by atoms with Gasteiger partial charge in [0.05, 0.1) is 10.2 Å². The van der Waals surface area contributed by atoms with E-state index in [9.17, 15) is 8.78 Å². The maximum absolute atomic E-state index is 13.5. The minimum absolute atomic E-state index is 0.170.